The Balaban J connectivity index is 1.38. The molecule has 212 valence electrons. The maximum Gasteiger partial charge on any atom is 0.307 e. The third-order valence-electron chi connectivity index (χ3n) is 8.55. The van der Waals surface area contributed by atoms with Crippen molar-refractivity contribution in [2.75, 3.05) is 13.1 Å². The lowest BCUT2D eigenvalue weighted by Gasteiger charge is -2.43. The first kappa shape index (κ1) is 27.4. The number of carbonyl (C=O) groups is 3. The quantitative estimate of drug-likeness (QED) is 0.405. The van der Waals surface area contributed by atoms with Gasteiger partial charge in [-0.15, -0.1) is 0 Å². The Morgan fingerprint density at radius 2 is 1.85 bits per heavy atom. The smallest absolute Gasteiger partial charge is 0.307 e. The van der Waals surface area contributed by atoms with Crippen LogP contribution in [-0.2, 0) is 29.2 Å². The summed E-state index contributed by atoms with van der Waals surface area (Å²) in [5.74, 6) is -1.83. The van der Waals surface area contributed by atoms with Gasteiger partial charge >= 0.3 is 5.97 Å². The van der Waals surface area contributed by atoms with Crippen molar-refractivity contribution in [2.24, 2.45) is 11.8 Å². The van der Waals surface area contributed by atoms with Crippen LogP contribution in [0.4, 0.5) is 0 Å². The largest absolute Gasteiger partial charge is 0.487 e. The molecule has 2 amide bonds. The molecule has 1 saturated carbocycles. The van der Waals surface area contributed by atoms with Crippen molar-refractivity contribution in [2.45, 2.75) is 51.3 Å². The second kappa shape index (κ2) is 11.6. The third kappa shape index (κ3) is 5.32. The van der Waals surface area contributed by atoms with E-state index in [1.165, 1.54) is 0 Å². The monoisotopic (exact) mass is 618 g/mol. The molecule has 1 fully saturated rings. The number of benzene rings is 2. The van der Waals surface area contributed by atoms with Crippen molar-refractivity contribution in [3.05, 3.63) is 87.1 Å². The molecule has 41 heavy (non-hydrogen) atoms. The van der Waals surface area contributed by atoms with Gasteiger partial charge in [-0.3, -0.25) is 14.4 Å². The predicted octanol–water partition coefficient (Wildman–Crippen LogP) is 4.79. The lowest BCUT2D eigenvalue weighted by Crippen LogP contribution is -2.50. The number of fused-ring (bicyclic) bond motifs is 2. The molecule has 0 spiro atoms. The van der Waals surface area contributed by atoms with Crippen LogP contribution in [0.3, 0.4) is 0 Å². The lowest BCUT2D eigenvalue weighted by atomic mass is 9.77. The molecule has 2 aliphatic heterocycles. The summed E-state index contributed by atoms with van der Waals surface area (Å²) in [7, 11) is 0. The highest BCUT2D eigenvalue weighted by atomic mass is 79.9. The van der Waals surface area contributed by atoms with Gasteiger partial charge in [-0.05, 0) is 60.7 Å². The molecule has 1 N–H and O–H groups in total. The van der Waals surface area contributed by atoms with Gasteiger partial charge in [0.2, 0.25) is 5.91 Å². The minimum Gasteiger partial charge on any atom is -0.487 e. The van der Waals surface area contributed by atoms with Gasteiger partial charge in [0.15, 0.2) is 0 Å². The highest BCUT2D eigenvalue weighted by molar-refractivity contribution is 9.10. The van der Waals surface area contributed by atoms with Crippen LogP contribution in [0.15, 0.2) is 59.2 Å². The van der Waals surface area contributed by atoms with Crippen molar-refractivity contribution >= 4 is 33.7 Å². The van der Waals surface area contributed by atoms with Crippen molar-refractivity contribution in [3.63, 3.8) is 0 Å². The summed E-state index contributed by atoms with van der Waals surface area (Å²) in [5.41, 5.74) is 4.17. The second-order valence-corrected chi connectivity index (χ2v) is 11.8. The number of hydrogen-bond donors (Lipinski definition) is 1. The Hall–Kier alpha value is -3.79. The van der Waals surface area contributed by atoms with E-state index in [1.54, 1.807) is 17.2 Å². The molecule has 3 aromatic rings. The van der Waals surface area contributed by atoms with Crippen molar-refractivity contribution in [3.8, 4) is 5.75 Å². The van der Waals surface area contributed by atoms with E-state index in [2.05, 4.69) is 26.1 Å². The number of carbonyl (C=O) groups excluding carboxylic acids is 2. The summed E-state index contributed by atoms with van der Waals surface area (Å²) in [5, 5.41) is 18.0. The zero-order valence-electron chi connectivity index (χ0n) is 22.5. The maximum atomic E-state index is 14.2. The molecule has 10 heteroatoms. The minimum atomic E-state index is -0.919. The molecule has 1 aliphatic carbocycles. The van der Waals surface area contributed by atoms with Crippen LogP contribution in [-0.4, -0.2) is 56.0 Å². The van der Waals surface area contributed by atoms with Gasteiger partial charge in [0.1, 0.15) is 18.1 Å². The number of rotatable bonds is 7. The maximum absolute atomic E-state index is 14.2. The molecule has 6 rings (SSSR count). The summed E-state index contributed by atoms with van der Waals surface area (Å²) >= 11 is 3.71. The molecule has 0 saturated heterocycles. The zero-order valence-corrected chi connectivity index (χ0v) is 24.1. The van der Waals surface area contributed by atoms with Gasteiger partial charge in [0.05, 0.1) is 17.9 Å². The van der Waals surface area contributed by atoms with Gasteiger partial charge in [-0.25, -0.2) is 0 Å². The topological polar surface area (TPSA) is 113 Å². The fraction of sp³-hybridized carbons (Fsp3) is 0.387. The number of aromatic nitrogens is 2. The molecule has 1 unspecified atom stereocenters. The van der Waals surface area contributed by atoms with E-state index in [1.807, 2.05) is 47.4 Å². The van der Waals surface area contributed by atoms with Crippen LogP contribution < -0.4 is 4.74 Å². The van der Waals surface area contributed by atoms with Crippen LogP contribution in [0.1, 0.15) is 64.5 Å². The molecular formula is C31H31BrN4O5. The Morgan fingerprint density at radius 3 is 2.61 bits per heavy atom. The lowest BCUT2D eigenvalue weighted by molar-refractivity contribution is -0.153. The summed E-state index contributed by atoms with van der Waals surface area (Å²) < 4.78 is 7.21. The van der Waals surface area contributed by atoms with Gasteiger partial charge in [0.25, 0.3) is 5.91 Å². The van der Waals surface area contributed by atoms with E-state index in [-0.39, 0.29) is 25.0 Å². The van der Waals surface area contributed by atoms with E-state index >= 15 is 0 Å². The molecular weight excluding hydrogens is 588 g/mol. The normalized spacial score (nSPS) is 21.8. The molecule has 3 atom stereocenters. The van der Waals surface area contributed by atoms with Crippen LogP contribution in [0.5, 0.6) is 5.75 Å². The van der Waals surface area contributed by atoms with Gasteiger partial charge in [0, 0.05) is 41.4 Å². The van der Waals surface area contributed by atoms with Crippen molar-refractivity contribution in [1.29, 1.82) is 0 Å². The number of hydrogen-bond acceptors (Lipinski definition) is 6. The van der Waals surface area contributed by atoms with Crippen LogP contribution >= 0.6 is 15.9 Å². The van der Waals surface area contributed by atoms with Gasteiger partial charge in [-0.2, -0.15) is 10.2 Å². The first-order valence-corrected chi connectivity index (χ1v) is 14.8. The van der Waals surface area contributed by atoms with Crippen molar-refractivity contribution < 1.29 is 24.2 Å². The first-order chi connectivity index (χ1) is 19.9. The Labute approximate surface area is 246 Å². The highest BCUT2D eigenvalue weighted by Gasteiger charge is 2.44. The number of carboxylic acids is 1. The highest BCUT2D eigenvalue weighted by Crippen LogP contribution is 2.43. The third-order valence-corrected chi connectivity index (χ3v) is 9.29. The second-order valence-electron chi connectivity index (χ2n) is 10.9. The van der Waals surface area contributed by atoms with E-state index in [0.29, 0.717) is 49.4 Å². The van der Waals surface area contributed by atoms with Crippen LogP contribution in [0.2, 0.25) is 0 Å². The average molecular weight is 620 g/mol. The Kier molecular flexibility index (Phi) is 7.75. The predicted molar refractivity (Wildman–Crippen MR) is 153 cm³/mol. The number of amides is 2. The summed E-state index contributed by atoms with van der Waals surface area (Å²) in [6, 6.07) is 14.5. The summed E-state index contributed by atoms with van der Waals surface area (Å²) in [4.78, 5) is 43.4. The molecule has 1 aromatic heterocycles. The molecule has 3 aliphatic rings. The van der Waals surface area contributed by atoms with E-state index in [0.717, 1.165) is 34.0 Å². The number of aliphatic carboxylic acids is 1. The zero-order chi connectivity index (χ0) is 28.5. The number of nitrogens with zero attached hydrogens (tertiary/aromatic N) is 4. The molecule has 0 radical (unpaired) electrons. The molecule has 0 bridgehead atoms. The fourth-order valence-electron chi connectivity index (χ4n) is 6.53. The summed E-state index contributed by atoms with van der Waals surface area (Å²) in [6.45, 7) is 1.35. The average Bonchev–Trinajstić information content (AvgIpc) is 3.32. The van der Waals surface area contributed by atoms with Crippen LogP contribution in [0.25, 0.3) is 0 Å². The summed E-state index contributed by atoms with van der Waals surface area (Å²) in [6.07, 6.45) is 4.87. The standard InChI is InChI=1S/C31H31BrN4O5/c32-25-11-12-27(41-18-20-7-5-14-33-34-20)28-24(25)13-15-36(30(38)22-9-3-4-10-23(22)31(39)40)26(28)17-35-16-19-6-1-2-8-21(19)29(35)37/h1-2,5-8,11-12,14,22-23,26H,3-4,9-10,13,15-18H2,(H,39,40)/t22?,23-,26-/m1/s1. The number of carboxylic acid groups (broad SMARTS) is 1. The minimum absolute atomic E-state index is 0.0711. The van der Waals surface area contributed by atoms with Gasteiger partial charge in [-0.1, -0.05) is 47.0 Å². The molecule has 3 heterocycles. The van der Waals surface area contributed by atoms with Crippen LogP contribution in [0, 0.1) is 11.8 Å². The fourth-order valence-corrected chi connectivity index (χ4v) is 7.07. The molecule has 9 nitrogen and oxygen atoms in total. The Morgan fingerprint density at radius 1 is 1.05 bits per heavy atom. The van der Waals surface area contributed by atoms with E-state index in [4.69, 9.17) is 4.74 Å². The van der Waals surface area contributed by atoms with Crippen molar-refractivity contribution in [1.82, 2.24) is 20.0 Å². The van der Waals surface area contributed by atoms with Gasteiger partial charge < -0.3 is 19.6 Å². The van der Waals surface area contributed by atoms with E-state index in [9.17, 15) is 19.5 Å². The number of halogens is 1. The SMILES string of the molecule is O=C(O)[C@@H]1CCCCC1C(=O)N1CCc2c(Br)ccc(OCc3cccnn3)c2[C@H]1CN1Cc2ccccc2C1=O. The first-order valence-electron chi connectivity index (χ1n) is 14.0. The Bertz CT molecular complexity index is 1480. The molecule has 2 aromatic carbocycles. The van der Waals surface area contributed by atoms with E-state index < -0.39 is 23.8 Å². The number of ether oxygens (including phenoxy) is 1.